The Bertz CT molecular complexity index is 597. The molecule has 1 aromatic carbocycles. The molecule has 0 radical (unpaired) electrons. The Morgan fingerprint density at radius 1 is 1.29 bits per heavy atom. The van der Waals surface area contributed by atoms with Gasteiger partial charge in [0.15, 0.2) is 0 Å². The molecule has 0 saturated carbocycles. The number of sulfonamides is 1. The fraction of sp³-hybridized carbons (Fsp3) is 0.500. The van der Waals surface area contributed by atoms with Crippen LogP contribution in [0.1, 0.15) is 32.4 Å². The van der Waals surface area contributed by atoms with Crippen LogP contribution in [-0.2, 0) is 14.8 Å². The highest BCUT2D eigenvalue weighted by atomic mass is 32.2. The third kappa shape index (κ3) is 4.80. The Hall–Kier alpha value is -1.44. The van der Waals surface area contributed by atoms with E-state index < -0.39 is 15.9 Å². The molecule has 0 aliphatic carbocycles. The molecule has 0 heterocycles. The lowest BCUT2D eigenvalue weighted by atomic mass is 10.1. The highest BCUT2D eigenvalue weighted by molar-refractivity contribution is 7.89. The quantitative estimate of drug-likeness (QED) is 0.777. The van der Waals surface area contributed by atoms with Crippen LogP contribution in [0.4, 0.5) is 0 Å². The van der Waals surface area contributed by atoms with E-state index in [1.165, 1.54) is 12.1 Å². The molecule has 0 aromatic heterocycles. The Morgan fingerprint density at radius 3 is 2.38 bits per heavy atom. The van der Waals surface area contributed by atoms with Gasteiger partial charge < -0.3 is 11.5 Å². The number of hydrogen-bond acceptors (Lipinski definition) is 4. The molecule has 7 heteroatoms. The molecule has 6 nitrogen and oxygen atoms in total. The van der Waals surface area contributed by atoms with Gasteiger partial charge in [-0.2, -0.15) is 4.31 Å². The average Bonchev–Trinajstić information content (AvgIpc) is 2.37. The van der Waals surface area contributed by atoms with E-state index in [0.717, 1.165) is 9.87 Å². The summed E-state index contributed by atoms with van der Waals surface area (Å²) in [5, 5.41) is 0. The summed E-state index contributed by atoms with van der Waals surface area (Å²) in [7, 11) is -3.77. The van der Waals surface area contributed by atoms with Gasteiger partial charge in [0.1, 0.15) is 0 Å². The number of carbonyl (C=O) groups is 1. The first-order chi connectivity index (χ1) is 9.64. The van der Waals surface area contributed by atoms with E-state index >= 15 is 0 Å². The predicted octanol–water partition coefficient (Wildman–Crippen LogP) is 0.838. The predicted molar refractivity (Wildman–Crippen MR) is 81.8 cm³/mol. The molecule has 0 aliphatic rings. The zero-order chi connectivity index (χ0) is 16.2. The molecule has 1 atom stereocenters. The Kier molecular flexibility index (Phi) is 5.88. The van der Waals surface area contributed by atoms with Gasteiger partial charge in [-0.05, 0) is 30.5 Å². The van der Waals surface area contributed by atoms with Crippen molar-refractivity contribution in [2.75, 3.05) is 13.1 Å². The first kappa shape index (κ1) is 17.6. The largest absolute Gasteiger partial charge is 0.369 e. The van der Waals surface area contributed by atoms with Gasteiger partial charge in [-0.15, -0.1) is 0 Å². The number of benzene rings is 1. The number of carbonyl (C=O) groups excluding carboxylic acids is 1. The normalized spacial score (nSPS) is 13.6. The van der Waals surface area contributed by atoms with Crippen LogP contribution < -0.4 is 11.5 Å². The van der Waals surface area contributed by atoms with Crippen LogP contribution in [0.3, 0.4) is 0 Å². The van der Waals surface area contributed by atoms with Crippen molar-refractivity contribution in [2.45, 2.75) is 31.7 Å². The number of amides is 1. The molecule has 4 N–H and O–H groups in total. The van der Waals surface area contributed by atoms with Crippen LogP contribution in [0.15, 0.2) is 29.2 Å². The van der Waals surface area contributed by atoms with Crippen LogP contribution in [0, 0.1) is 5.92 Å². The molecule has 1 amide bonds. The van der Waals surface area contributed by atoms with E-state index in [9.17, 15) is 13.2 Å². The monoisotopic (exact) mass is 313 g/mol. The van der Waals surface area contributed by atoms with E-state index in [-0.39, 0.29) is 29.9 Å². The maximum Gasteiger partial charge on any atom is 0.243 e. The minimum Gasteiger partial charge on any atom is -0.369 e. The molecular formula is C14H23N3O3S. The van der Waals surface area contributed by atoms with Crippen LogP contribution in [0.25, 0.3) is 0 Å². The third-order valence-corrected chi connectivity index (χ3v) is 4.73. The topological polar surface area (TPSA) is 106 Å². The number of rotatable bonds is 7. The summed E-state index contributed by atoms with van der Waals surface area (Å²) in [6, 6.07) is 6.17. The lowest BCUT2D eigenvalue weighted by Gasteiger charge is -2.23. The van der Waals surface area contributed by atoms with Crippen molar-refractivity contribution in [1.82, 2.24) is 4.31 Å². The smallest absolute Gasteiger partial charge is 0.243 e. The molecule has 118 valence electrons. The Balaban J connectivity index is 3.21. The van der Waals surface area contributed by atoms with Gasteiger partial charge in [-0.1, -0.05) is 26.0 Å². The Labute approximate surface area is 126 Å². The molecular weight excluding hydrogens is 290 g/mol. The summed E-state index contributed by atoms with van der Waals surface area (Å²) in [5.41, 5.74) is 11.7. The lowest BCUT2D eigenvalue weighted by Crippen LogP contribution is -2.40. The number of hydrogen-bond donors (Lipinski definition) is 2. The van der Waals surface area contributed by atoms with Crippen molar-refractivity contribution >= 4 is 15.9 Å². The lowest BCUT2D eigenvalue weighted by molar-refractivity contribution is -0.118. The first-order valence-electron chi connectivity index (χ1n) is 6.78. The minimum atomic E-state index is -3.77. The van der Waals surface area contributed by atoms with Crippen molar-refractivity contribution < 1.29 is 13.2 Å². The number of nitrogens with two attached hydrogens (primary N) is 2. The summed E-state index contributed by atoms with van der Waals surface area (Å²) >= 11 is 0. The maximum atomic E-state index is 12.7. The maximum absolute atomic E-state index is 12.7. The fourth-order valence-corrected chi connectivity index (χ4v) is 3.56. The first-order valence-corrected chi connectivity index (χ1v) is 8.22. The van der Waals surface area contributed by atoms with Crippen LogP contribution in [-0.4, -0.2) is 31.7 Å². The van der Waals surface area contributed by atoms with Crippen molar-refractivity contribution in [3.8, 4) is 0 Å². The summed E-state index contributed by atoms with van der Waals surface area (Å²) < 4.78 is 26.4. The van der Waals surface area contributed by atoms with E-state index in [0.29, 0.717) is 0 Å². The molecule has 0 spiro atoms. The third-order valence-electron chi connectivity index (χ3n) is 2.92. The van der Waals surface area contributed by atoms with E-state index in [1.54, 1.807) is 19.1 Å². The van der Waals surface area contributed by atoms with Crippen LogP contribution >= 0.6 is 0 Å². The molecule has 21 heavy (non-hydrogen) atoms. The second-order valence-corrected chi connectivity index (χ2v) is 7.46. The fourth-order valence-electron chi connectivity index (χ4n) is 1.94. The highest BCUT2D eigenvalue weighted by Crippen LogP contribution is 2.20. The van der Waals surface area contributed by atoms with Crippen molar-refractivity contribution in [3.05, 3.63) is 29.8 Å². The van der Waals surface area contributed by atoms with Crippen molar-refractivity contribution in [1.29, 1.82) is 0 Å². The number of nitrogens with zero attached hydrogens (tertiary/aromatic N) is 1. The SMILES string of the molecule is CC(C)CN(CC(N)=O)S(=O)(=O)c1cccc(C(C)N)c1. The molecule has 0 fully saturated rings. The van der Waals surface area contributed by atoms with Crippen LogP contribution in [0.2, 0.25) is 0 Å². The summed E-state index contributed by atoms with van der Waals surface area (Å²) in [4.78, 5) is 11.3. The van der Waals surface area contributed by atoms with Crippen molar-refractivity contribution in [2.24, 2.45) is 17.4 Å². The van der Waals surface area contributed by atoms with Gasteiger partial charge >= 0.3 is 0 Å². The van der Waals surface area contributed by atoms with Gasteiger partial charge in [0.2, 0.25) is 15.9 Å². The average molecular weight is 313 g/mol. The van der Waals surface area contributed by atoms with Crippen LogP contribution in [0.5, 0.6) is 0 Å². The zero-order valence-corrected chi connectivity index (χ0v) is 13.4. The summed E-state index contributed by atoms with van der Waals surface area (Å²) in [6.07, 6.45) is 0. The molecule has 0 aliphatic heterocycles. The number of primary amides is 1. The Morgan fingerprint density at radius 2 is 1.90 bits per heavy atom. The van der Waals surface area contributed by atoms with E-state index in [1.807, 2.05) is 13.8 Å². The summed E-state index contributed by atoms with van der Waals surface area (Å²) in [6.45, 7) is 5.43. The van der Waals surface area contributed by atoms with E-state index in [2.05, 4.69) is 0 Å². The molecule has 1 rings (SSSR count). The summed E-state index contributed by atoms with van der Waals surface area (Å²) in [5.74, 6) is -0.599. The molecule has 1 aromatic rings. The van der Waals surface area contributed by atoms with Gasteiger partial charge in [-0.25, -0.2) is 8.42 Å². The van der Waals surface area contributed by atoms with Gasteiger partial charge in [0.05, 0.1) is 11.4 Å². The minimum absolute atomic E-state index is 0.0794. The van der Waals surface area contributed by atoms with Gasteiger partial charge in [0, 0.05) is 12.6 Å². The molecule has 0 saturated heterocycles. The highest BCUT2D eigenvalue weighted by Gasteiger charge is 2.26. The van der Waals surface area contributed by atoms with Crippen molar-refractivity contribution in [3.63, 3.8) is 0 Å². The standard InChI is InChI=1S/C14H23N3O3S/c1-10(2)8-17(9-14(16)18)21(19,20)13-6-4-5-12(7-13)11(3)15/h4-7,10-11H,8-9,15H2,1-3H3,(H2,16,18). The van der Waals surface area contributed by atoms with Gasteiger partial charge in [-0.3, -0.25) is 4.79 Å². The van der Waals surface area contributed by atoms with Gasteiger partial charge in [0.25, 0.3) is 0 Å². The zero-order valence-electron chi connectivity index (χ0n) is 12.6. The molecule has 1 unspecified atom stereocenters. The second kappa shape index (κ2) is 7.02. The molecule has 0 bridgehead atoms. The van der Waals surface area contributed by atoms with E-state index in [4.69, 9.17) is 11.5 Å². The second-order valence-electron chi connectivity index (χ2n) is 5.52.